The van der Waals surface area contributed by atoms with Crippen LogP contribution in [0, 0.1) is 0 Å². The molecule has 1 fully saturated rings. The maximum absolute atomic E-state index is 13.5. The van der Waals surface area contributed by atoms with Gasteiger partial charge in [-0.2, -0.15) is 0 Å². The number of thioether (sulfide) groups is 1. The number of amides is 2. The van der Waals surface area contributed by atoms with Crippen molar-refractivity contribution in [2.45, 2.75) is 13.8 Å². The summed E-state index contributed by atoms with van der Waals surface area (Å²) in [4.78, 5) is 32.5. The molecule has 0 unspecified atom stereocenters. The van der Waals surface area contributed by atoms with E-state index in [1.54, 1.807) is 29.2 Å². The summed E-state index contributed by atoms with van der Waals surface area (Å²) in [6.45, 7) is 6.26. The van der Waals surface area contributed by atoms with Gasteiger partial charge in [0.25, 0.3) is 11.8 Å². The Balaban J connectivity index is 1.77. The van der Waals surface area contributed by atoms with E-state index < -0.39 is 0 Å². The van der Waals surface area contributed by atoms with Gasteiger partial charge in [-0.05, 0) is 43.4 Å². The molecule has 0 atom stereocenters. The lowest BCUT2D eigenvalue weighted by atomic mass is 10.1. The molecule has 0 bridgehead atoms. The SMILES string of the molecule is CCN(CC)CN1C(=O)/C(=C2\SC(=S)N(c3ccc(Cl)cc3)C2=O)c2ccccc21. The average molecular weight is 458 g/mol. The number of hydrogen-bond acceptors (Lipinski definition) is 5. The maximum Gasteiger partial charge on any atom is 0.271 e. The third kappa shape index (κ3) is 3.56. The zero-order valence-corrected chi connectivity index (χ0v) is 19.0. The van der Waals surface area contributed by atoms with Crippen molar-refractivity contribution in [2.75, 3.05) is 29.6 Å². The van der Waals surface area contributed by atoms with Gasteiger partial charge in [-0.25, -0.2) is 0 Å². The molecular formula is C22H20ClN3O2S2. The first-order chi connectivity index (χ1) is 14.5. The summed E-state index contributed by atoms with van der Waals surface area (Å²) in [5.41, 5.74) is 2.65. The molecule has 0 aromatic heterocycles. The van der Waals surface area contributed by atoms with Gasteiger partial charge in [0.05, 0.1) is 28.5 Å². The predicted octanol–water partition coefficient (Wildman–Crippen LogP) is 4.76. The van der Waals surface area contributed by atoms with Gasteiger partial charge in [0.15, 0.2) is 4.32 Å². The fourth-order valence-corrected chi connectivity index (χ4v) is 5.09. The Labute approximate surface area is 190 Å². The lowest BCUT2D eigenvalue weighted by molar-refractivity contribution is -0.115. The number of halogens is 1. The predicted molar refractivity (Wildman–Crippen MR) is 128 cm³/mol. The minimum absolute atomic E-state index is 0.167. The van der Waals surface area contributed by atoms with Crippen LogP contribution in [0.25, 0.3) is 5.57 Å². The van der Waals surface area contributed by atoms with Gasteiger partial charge in [-0.1, -0.05) is 67.6 Å². The molecule has 0 aliphatic carbocycles. The zero-order chi connectivity index (χ0) is 21.4. The van der Waals surface area contributed by atoms with Crippen LogP contribution in [0.2, 0.25) is 5.02 Å². The first-order valence-electron chi connectivity index (χ1n) is 9.66. The normalized spacial score (nSPS) is 18.7. The summed E-state index contributed by atoms with van der Waals surface area (Å²) < 4.78 is 0.400. The average Bonchev–Trinajstić information content (AvgIpc) is 3.19. The number of fused-ring (bicyclic) bond motifs is 1. The van der Waals surface area contributed by atoms with Gasteiger partial charge in [0, 0.05) is 10.6 Å². The number of carbonyl (C=O) groups is 2. The van der Waals surface area contributed by atoms with Crippen molar-refractivity contribution >= 4 is 68.7 Å². The second-order valence-corrected chi connectivity index (χ2v) is 8.96. The Hall–Kier alpha value is -2.19. The molecule has 2 aromatic carbocycles. The van der Waals surface area contributed by atoms with Crippen LogP contribution in [0.4, 0.5) is 11.4 Å². The Morgan fingerprint density at radius 3 is 2.33 bits per heavy atom. The molecule has 5 nitrogen and oxygen atoms in total. The van der Waals surface area contributed by atoms with Crippen molar-refractivity contribution in [2.24, 2.45) is 0 Å². The minimum atomic E-state index is -0.282. The molecule has 0 spiro atoms. The lowest BCUT2D eigenvalue weighted by Crippen LogP contribution is -2.39. The van der Waals surface area contributed by atoms with Crippen LogP contribution in [0.3, 0.4) is 0 Å². The smallest absolute Gasteiger partial charge is 0.271 e. The van der Waals surface area contributed by atoms with Gasteiger partial charge < -0.3 is 0 Å². The fraction of sp³-hybridized carbons (Fsp3) is 0.227. The largest absolute Gasteiger partial charge is 0.294 e. The fourth-order valence-electron chi connectivity index (χ4n) is 3.60. The van der Waals surface area contributed by atoms with E-state index in [1.165, 1.54) is 16.7 Å². The zero-order valence-electron chi connectivity index (χ0n) is 16.6. The van der Waals surface area contributed by atoms with Gasteiger partial charge in [-0.3, -0.25) is 24.3 Å². The second kappa shape index (κ2) is 8.51. The monoisotopic (exact) mass is 457 g/mol. The van der Waals surface area contributed by atoms with Crippen molar-refractivity contribution in [3.63, 3.8) is 0 Å². The van der Waals surface area contributed by atoms with E-state index in [1.807, 2.05) is 24.3 Å². The molecule has 2 aliphatic rings. The van der Waals surface area contributed by atoms with Gasteiger partial charge in [0.1, 0.15) is 0 Å². The summed E-state index contributed by atoms with van der Waals surface area (Å²) in [7, 11) is 0. The molecular weight excluding hydrogens is 438 g/mol. The summed E-state index contributed by atoms with van der Waals surface area (Å²) in [5, 5.41) is 0.578. The van der Waals surface area contributed by atoms with E-state index in [2.05, 4.69) is 18.7 Å². The first-order valence-corrected chi connectivity index (χ1v) is 11.3. The van der Waals surface area contributed by atoms with Crippen LogP contribution in [0.5, 0.6) is 0 Å². The minimum Gasteiger partial charge on any atom is -0.294 e. The van der Waals surface area contributed by atoms with Gasteiger partial charge in [0.2, 0.25) is 0 Å². The van der Waals surface area contributed by atoms with E-state index in [4.69, 9.17) is 23.8 Å². The van der Waals surface area contributed by atoms with E-state index >= 15 is 0 Å². The number of thiocarbonyl (C=S) groups is 1. The highest BCUT2D eigenvalue weighted by atomic mass is 35.5. The third-order valence-electron chi connectivity index (χ3n) is 5.24. The van der Waals surface area contributed by atoms with Crippen molar-refractivity contribution < 1.29 is 9.59 Å². The number of para-hydroxylation sites is 1. The molecule has 154 valence electrons. The number of carbonyl (C=O) groups excluding carboxylic acids is 2. The molecule has 4 rings (SSSR count). The number of anilines is 2. The second-order valence-electron chi connectivity index (χ2n) is 6.88. The Bertz CT molecular complexity index is 1060. The molecule has 2 amide bonds. The van der Waals surface area contributed by atoms with Crippen LogP contribution in [-0.2, 0) is 9.59 Å². The Morgan fingerprint density at radius 2 is 1.67 bits per heavy atom. The van der Waals surface area contributed by atoms with Crippen LogP contribution < -0.4 is 9.80 Å². The quantitative estimate of drug-likeness (QED) is 0.478. The van der Waals surface area contributed by atoms with Crippen LogP contribution >= 0.6 is 35.6 Å². The molecule has 2 aromatic rings. The highest BCUT2D eigenvalue weighted by molar-refractivity contribution is 8.27. The van der Waals surface area contributed by atoms with E-state index in [0.717, 1.165) is 24.3 Å². The molecule has 0 saturated carbocycles. The van der Waals surface area contributed by atoms with Crippen molar-refractivity contribution in [3.8, 4) is 0 Å². The molecule has 0 N–H and O–H groups in total. The standard InChI is InChI=1S/C22H20ClN3O2S2/c1-3-24(4-2)13-25-17-8-6-5-7-16(17)18(20(25)27)19-21(28)26(22(29)30-19)15-11-9-14(23)10-12-15/h5-12H,3-4,13H2,1-2H3/b19-18-. The molecule has 2 aliphatic heterocycles. The first kappa shape index (κ1) is 21.1. The van der Waals surface area contributed by atoms with Crippen molar-refractivity contribution in [3.05, 3.63) is 64.0 Å². The van der Waals surface area contributed by atoms with E-state index in [9.17, 15) is 9.59 Å². The number of rotatable bonds is 5. The van der Waals surface area contributed by atoms with Crippen molar-refractivity contribution in [1.29, 1.82) is 0 Å². The van der Waals surface area contributed by atoms with Gasteiger partial charge >= 0.3 is 0 Å². The summed E-state index contributed by atoms with van der Waals surface area (Å²) in [6, 6.07) is 14.5. The van der Waals surface area contributed by atoms with E-state index in [0.29, 0.717) is 32.2 Å². The molecule has 8 heteroatoms. The van der Waals surface area contributed by atoms with Crippen LogP contribution in [-0.4, -0.2) is 40.8 Å². The van der Waals surface area contributed by atoms with Gasteiger partial charge in [-0.15, -0.1) is 0 Å². The Morgan fingerprint density at radius 1 is 1.00 bits per heavy atom. The molecule has 30 heavy (non-hydrogen) atoms. The molecule has 1 saturated heterocycles. The molecule has 0 radical (unpaired) electrons. The van der Waals surface area contributed by atoms with E-state index in [-0.39, 0.29) is 11.8 Å². The number of benzene rings is 2. The maximum atomic E-state index is 13.5. The summed E-state index contributed by atoms with van der Waals surface area (Å²) >= 11 is 12.6. The van der Waals surface area contributed by atoms with Crippen LogP contribution in [0.15, 0.2) is 53.4 Å². The highest BCUT2D eigenvalue weighted by Crippen LogP contribution is 2.45. The molecule has 2 heterocycles. The topological polar surface area (TPSA) is 43.9 Å². The summed E-state index contributed by atoms with van der Waals surface area (Å²) in [6.07, 6.45) is 0. The lowest BCUT2D eigenvalue weighted by Gasteiger charge is -2.25. The van der Waals surface area contributed by atoms with Crippen molar-refractivity contribution in [1.82, 2.24) is 4.90 Å². The number of nitrogens with zero attached hydrogens (tertiary/aromatic N) is 3. The third-order valence-corrected chi connectivity index (χ3v) is 6.86. The summed E-state index contributed by atoms with van der Waals surface area (Å²) in [5.74, 6) is -0.449. The van der Waals surface area contributed by atoms with Crippen LogP contribution in [0.1, 0.15) is 19.4 Å². The highest BCUT2D eigenvalue weighted by Gasteiger charge is 2.42. The Kier molecular flexibility index (Phi) is 5.97. The number of hydrogen-bond donors (Lipinski definition) is 0.